The number of benzene rings is 2. The van der Waals surface area contributed by atoms with Crippen LogP contribution in [-0.2, 0) is 9.59 Å². The predicted octanol–water partition coefficient (Wildman–Crippen LogP) is 3.60. The topological polar surface area (TPSA) is 105 Å². The molecule has 3 aromatic rings. The molecule has 3 heterocycles. The molecular formula is C26H25N3O5. The zero-order valence-electron chi connectivity index (χ0n) is 18.7. The van der Waals surface area contributed by atoms with Gasteiger partial charge in [-0.05, 0) is 68.2 Å². The molecule has 0 spiro atoms. The van der Waals surface area contributed by atoms with E-state index in [-0.39, 0.29) is 17.3 Å². The van der Waals surface area contributed by atoms with E-state index < -0.39 is 17.7 Å². The molecule has 0 saturated carbocycles. The Morgan fingerprint density at radius 2 is 1.76 bits per heavy atom. The number of anilines is 1. The van der Waals surface area contributed by atoms with Gasteiger partial charge in [0.25, 0.3) is 11.7 Å². The molecule has 1 atom stereocenters. The molecular weight excluding hydrogens is 434 g/mol. The zero-order valence-corrected chi connectivity index (χ0v) is 18.7. The van der Waals surface area contributed by atoms with E-state index in [0.717, 1.165) is 31.5 Å². The predicted molar refractivity (Wildman–Crippen MR) is 126 cm³/mol. The minimum absolute atomic E-state index is 0.0299. The number of carbonyl (C=O) groups is 2. The van der Waals surface area contributed by atoms with Gasteiger partial charge in [-0.25, -0.2) is 0 Å². The van der Waals surface area contributed by atoms with Crippen LogP contribution in [0.3, 0.4) is 0 Å². The molecule has 2 saturated heterocycles. The number of ether oxygens (including phenoxy) is 1. The van der Waals surface area contributed by atoms with Crippen LogP contribution < -0.4 is 15.0 Å². The molecule has 8 heteroatoms. The van der Waals surface area contributed by atoms with Crippen molar-refractivity contribution in [2.45, 2.75) is 18.9 Å². The number of Topliss-reactive ketones (excluding diaryl/α,β-unsaturated/α-hetero) is 1. The van der Waals surface area contributed by atoms with Crippen molar-refractivity contribution in [1.29, 1.82) is 0 Å². The number of hydrogen-bond donors (Lipinski definition) is 2. The molecule has 1 unspecified atom stereocenters. The number of amides is 1. The first-order valence-electron chi connectivity index (χ1n) is 11.3. The smallest absolute Gasteiger partial charge is 0.299 e. The van der Waals surface area contributed by atoms with Crippen molar-refractivity contribution in [3.63, 3.8) is 0 Å². The van der Waals surface area contributed by atoms with Gasteiger partial charge in [-0.15, -0.1) is 0 Å². The van der Waals surface area contributed by atoms with Crippen molar-refractivity contribution in [3.8, 4) is 17.0 Å². The zero-order chi connectivity index (χ0) is 23.7. The van der Waals surface area contributed by atoms with Gasteiger partial charge >= 0.3 is 0 Å². The van der Waals surface area contributed by atoms with Crippen molar-refractivity contribution in [3.05, 3.63) is 72.0 Å². The third kappa shape index (κ3) is 3.86. The Hall–Kier alpha value is -3.91. The SMILES string of the molecule is COc1ccc(/C(O)=C2/C(=O)C(=O)N(c3ccc(-c4ccon4)cc3)C2C2CCNCC2)cc1. The van der Waals surface area contributed by atoms with Crippen LogP contribution in [0.5, 0.6) is 5.75 Å². The first-order chi connectivity index (χ1) is 16.6. The van der Waals surface area contributed by atoms with E-state index in [1.54, 1.807) is 54.5 Å². The van der Waals surface area contributed by atoms with E-state index in [9.17, 15) is 14.7 Å². The fourth-order valence-corrected chi connectivity index (χ4v) is 4.80. The number of aliphatic hydroxyl groups is 1. The number of nitrogens with zero attached hydrogens (tertiary/aromatic N) is 2. The fraction of sp³-hybridized carbons (Fsp3) is 0.269. The summed E-state index contributed by atoms with van der Waals surface area (Å²) in [4.78, 5) is 28.1. The van der Waals surface area contributed by atoms with Gasteiger partial charge in [0.15, 0.2) is 0 Å². The van der Waals surface area contributed by atoms with Crippen LogP contribution in [0.4, 0.5) is 5.69 Å². The largest absolute Gasteiger partial charge is 0.507 e. The number of hydrogen-bond acceptors (Lipinski definition) is 7. The minimum Gasteiger partial charge on any atom is -0.507 e. The lowest BCUT2D eigenvalue weighted by molar-refractivity contribution is -0.132. The summed E-state index contributed by atoms with van der Waals surface area (Å²) in [7, 11) is 1.56. The molecule has 8 nitrogen and oxygen atoms in total. The Morgan fingerprint density at radius 3 is 2.38 bits per heavy atom. The number of carbonyl (C=O) groups excluding carboxylic acids is 2. The molecule has 2 aliphatic rings. The summed E-state index contributed by atoms with van der Waals surface area (Å²) in [6.07, 6.45) is 3.08. The van der Waals surface area contributed by atoms with E-state index in [2.05, 4.69) is 10.5 Å². The molecule has 2 aromatic carbocycles. The number of rotatable bonds is 5. The van der Waals surface area contributed by atoms with Crippen LogP contribution in [0.1, 0.15) is 18.4 Å². The van der Waals surface area contributed by atoms with E-state index in [4.69, 9.17) is 9.26 Å². The van der Waals surface area contributed by atoms with Crippen molar-refractivity contribution in [2.75, 3.05) is 25.1 Å². The lowest BCUT2D eigenvalue weighted by Crippen LogP contribution is -2.43. The summed E-state index contributed by atoms with van der Waals surface area (Å²) in [5.74, 6) is -0.794. The maximum absolute atomic E-state index is 13.3. The fourth-order valence-electron chi connectivity index (χ4n) is 4.80. The van der Waals surface area contributed by atoms with Gasteiger partial charge < -0.3 is 19.7 Å². The molecule has 1 amide bonds. The van der Waals surface area contributed by atoms with Gasteiger partial charge in [-0.1, -0.05) is 17.3 Å². The molecule has 0 bridgehead atoms. The van der Waals surface area contributed by atoms with Gasteiger partial charge in [0.1, 0.15) is 23.5 Å². The summed E-state index contributed by atoms with van der Waals surface area (Å²) in [5, 5.41) is 18.5. The van der Waals surface area contributed by atoms with Crippen molar-refractivity contribution in [1.82, 2.24) is 10.5 Å². The molecule has 2 fully saturated rings. The summed E-state index contributed by atoms with van der Waals surface area (Å²) in [6, 6.07) is 15.3. The second-order valence-corrected chi connectivity index (χ2v) is 8.46. The first-order valence-corrected chi connectivity index (χ1v) is 11.3. The maximum Gasteiger partial charge on any atom is 0.299 e. The number of piperidine rings is 1. The first kappa shape index (κ1) is 21.9. The highest BCUT2D eigenvalue weighted by atomic mass is 16.5. The van der Waals surface area contributed by atoms with E-state index >= 15 is 0 Å². The van der Waals surface area contributed by atoms with Gasteiger partial charge in [0.05, 0.1) is 18.7 Å². The Morgan fingerprint density at radius 1 is 1.06 bits per heavy atom. The third-order valence-electron chi connectivity index (χ3n) is 6.56. The van der Waals surface area contributed by atoms with Gasteiger partial charge in [0, 0.05) is 22.9 Å². The summed E-state index contributed by atoms with van der Waals surface area (Å²) in [6.45, 7) is 1.58. The molecule has 174 valence electrons. The highest BCUT2D eigenvalue weighted by molar-refractivity contribution is 6.51. The van der Waals surface area contributed by atoms with Crippen LogP contribution in [0, 0.1) is 5.92 Å². The van der Waals surface area contributed by atoms with E-state index in [1.165, 1.54) is 6.26 Å². The van der Waals surface area contributed by atoms with Crippen molar-refractivity contribution < 1.29 is 24.0 Å². The van der Waals surface area contributed by atoms with Crippen LogP contribution in [0.2, 0.25) is 0 Å². The van der Waals surface area contributed by atoms with Gasteiger partial charge in [-0.3, -0.25) is 14.5 Å². The normalized spacial score (nSPS) is 20.6. The second kappa shape index (κ2) is 9.15. The number of ketones is 1. The van der Waals surface area contributed by atoms with Crippen molar-refractivity contribution in [2.24, 2.45) is 5.92 Å². The molecule has 0 radical (unpaired) electrons. The molecule has 34 heavy (non-hydrogen) atoms. The van der Waals surface area contributed by atoms with E-state index in [0.29, 0.717) is 22.7 Å². The molecule has 0 aliphatic carbocycles. The average Bonchev–Trinajstić information content (AvgIpc) is 3.52. The van der Waals surface area contributed by atoms with Gasteiger partial charge in [-0.2, -0.15) is 0 Å². The average molecular weight is 460 g/mol. The Balaban J connectivity index is 1.58. The Labute approximate surface area is 196 Å². The van der Waals surface area contributed by atoms with E-state index in [1.807, 2.05) is 12.1 Å². The molecule has 2 N–H and O–H groups in total. The molecule has 2 aliphatic heterocycles. The summed E-state index contributed by atoms with van der Waals surface area (Å²) >= 11 is 0. The second-order valence-electron chi connectivity index (χ2n) is 8.46. The summed E-state index contributed by atoms with van der Waals surface area (Å²) < 4.78 is 10.1. The van der Waals surface area contributed by atoms with Crippen LogP contribution in [-0.4, -0.2) is 48.2 Å². The van der Waals surface area contributed by atoms with Crippen LogP contribution in [0.25, 0.3) is 17.0 Å². The molecule has 1 aromatic heterocycles. The number of nitrogens with one attached hydrogen (secondary N) is 1. The monoisotopic (exact) mass is 459 g/mol. The lowest BCUT2D eigenvalue weighted by Gasteiger charge is -2.34. The number of methoxy groups -OCH3 is 1. The Kier molecular flexibility index (Phi) is 5.90. The third-order valence-corrected chi connectivity index (χ3v) is 6.56. The quantitative estimate of drug-likeness (QED) is 0.341. The highest BCUT2D eigenvalue weighted by Gasteiger charge is 2.49. The summed E-state index contributed by atoms with van der Waals surface area (Å²) in [5.41, 5.74) is 2.75. The number of aromatic nitrogens is 1. The number of aliphatic hydroxyl groups excluding tert-OH is 1. The van der Waals surface area contributed by atoms with Crippen LogP contribution >= 0.6 is 0 Å². The van der Waals surface area contributed by atoms with Crippen molar-refractivity contribution >= 4 is 23.1 Å². The maximum atomic E-state index is 13.3. The minimum atomic E-state index is -0.669. The lowest BCUT2D eigenvalue weighted by atomic mass is 9.84. The standard InChI is InChI=1S/C26H25N3O5/c1-33-20-8-4-18(5-9-20)24(30)22-23(17-10-13-27-14-11-17)29(26(32)25(22)31)19-6-2-16(3-7-19)21-12-15-34-28-21/h2-9,12,15,17,23,27,30H,10-11,13-14H2,1H3/b24-22-. The highest BCUT2D eigenvalue weighted by Crippen LogP contribution is 2.39. The Bertz CT molecular complexity index is 1210. The van der Waals surface area contributed by atoms with Gasteiger partial charge in [0.2, 0.25) is 0 Å². The molecule has 5 rings (SSSR count). The van der Waals surface area contributed by atoms with Crippen LogP contribution in [0.15, 0.2) is 71.0 Å².